The van der Waals surface area contributed by atoms with Crippen molar-refractivity contribution in [3.05, 3.63) is 27.1 Å². The lowest BCUT2D eigenvalue weighted by Crippen LogP contribution is -2.37. The fourth-order valence-corrected chi connectivity index (χ4v) is 2.66. The van der Waals surface area contributed by atoms with E-state index in [1.165, 1.54) is 7.11 Å². The van der Waals surface area contributed by atoms with Gasteiger partial charge in [0.2, 0.25) is 5.91 Å². The fraction of sp³-hybridized carbons (Fsp3) is 0.385. The molecule has 0 saturated heterocycles. The number of nitrogens with zero attached hydrogens (tertiary/aromatic N) is 1. The average Bonchev–Trinajstić information content (AvgIpc) is 2.41. The van der Waals surface area contributed by atoms with Crippen LogP contribution in [0.15, 0.2) is 27.1 Å². The Morgan fingerprint density at radius 1 is 1.30 bits per heavy atom. The van der Waals surface area contributed by atoms with Crippen LogP contribution in [0, 0.1) is 0 Å². The van der Waals surface area contributed by atoms with Gasteiger partial charge in [-0.15, -0.1) is 0 Å². The van der Waals surface area contributed by atoms with E-state index in [0.717, 1.165) is 8.95 Å². The first-order valence-corrected chi connectivity index (χ1v) is 7.59. The summed E-state index contributed by atoms with van der Waals surface area (Å²) < 4.78 is 6.30. The van der Waals surface area contributed by atoms with Crippen LogP contribution in [0.25, 0.3) is 0 Å². The van der Waals surface area contributed by atoms with E-state index in [9.17, 15) is 9.59 Å². The first-order valence-electron chi connectivity index (χ1n) is 6.00. The van der Waals surface area contributed by atoms with Crippen LogP contribution in [0.4, 0.5) is 5.69 Å². The van der Waals surface area contributed by atoms with Gasteiger partial charge in [0.15, 0.2) is 0 Å². The molecule has 0 fully saturated rings. The Morgan fingerprint density at radius 3 is 2.55 bits per heavy atom. The quantitative estimate of drug-likeness (QED) is 0.736. The molecule has 20 heavy (non-hydrogen) atoms. The van der Waals surface area contributed by atoms with Gasteiger partial charge in [-0.1, -0.05) is 22.9 Å². The lowest BCUT2D eigenvalue weighted by molar-refractivity contribution is -0.142. The van der Waals surface area contributed by atoms with E-state index in [1.54, 1.807) is 11.0 Å². The topological polar surface area (TPSA) is 58.6 Å². The van der Waals surface area contributed by atoms with Crippen molar-refractivity contribution in [1.29, 1.82) is 0 Å². The molecule has 0 aliphatic carbocycles. The summed E-state index contributed by atoms with van der Waals surface area (Å²) >= 11 is 6.72. The third-order valence-electron chi connectivity index (χ3n) is 2.60. The first kappa shape index (κ1) is 17.1. The van der Waals surface area contributed by atoms with Crippen molar-refractivity contribution >= 4 is 49.4 Å². The predicted octanol–water partition coefficient (Wildman–Crippen LogP) is 2.65. The van der Waals surface area contributed by atoms with Crippen LogP contribution < -0.4 is 5.32 Å². The summed E-state index contributed by atoms with van der Waals surface area (Å²) in [4.78, 5) is 24.9. The summed E-state index contributed by atoms with van der Waals surface area (Å²) in [5.41, 5.74) is 0.687. The fourth-order valence-electron chi connectivity index (χ4n) is 1.51. The molecule has 1 rings (SSSR count). The van der Waals surface area contributed by atoms with E-state index in [1.807, 2.05) is 19.1 Å². The summed E-state index contributed by atoms with van der Waals surface area (Å²) in [6, 6.07) is 5.48. The van der Waals surface area contributed by atoms with Crippen molar-refractivity contribution in [3.63, 3.8) is 0 Å². The molecular weight excluding hydrogens is 392 g/mol. The Morgan fingerprint density at radius 2 is 2.00 bits per heavy atom. The average molecular weight is 408 g/mol. The van der Waals surface area contributed by atoms with Gasteiger partial charge >= 0.3 is 5.97 Å². The maximum Gasteiger partial charge on any atom is 0.319 e. The van der Waals surface area contributed by atoms with E-state index < -0.39 is 0 Å². The number of hydrogen-bond donors (Lipinski definition) is 1. The van der Waals surface area contributed by atoms with Crippen LogP contribution in [0.3, 0.4) is 0 Å². The predicted molar refractivity (Wildman–Crippen MR) is 84.6 cm³/mol. The second kappa shape index (κ2) is 8.39. The number of esters is 1. The van der Waals surface area contributed by atoms with E-state index in [-0.39, 0.29) is 25.0 Å². The standard InChI is InChI=1S/C13H16Br2N2O3/c1-3-17(8-13(19)20-2)7-12(18)16-11-5-4-9(14)6-10(11)15/h4-6H,3,7-8H2,1-2H3,(H,16,18). The Kier molecular flexibility index (Phi) is 7.18. The number of carbonyl (C=O) groups excluding carboxylic acids is 2. The molecule has 1 aromatic carbocycles. The molecule has 0 atom stereocenters. The number of methoxy groups -OCH3 is 1. The van der Waals surface area contributed by atoms with Crippen molar-refractivity contribution < 1.29 is 14.3 Å². The number of rotatable bonds is 6. The molecule has 0 heterocycles. The van der Waals surface area contributed by atoms with Gasteiger partial charge in [0.25, 0.3) is 0 Å². The largest absolute Gasteiger partial charge is 0.468 e. The molecule has 0 aliphatic heterocycles. The molecule has 1 amide bonds. The highest BCUT2D eigenvalue weighted by molar-refractivity contribution is 9.11. The molecule has 5 nitrogen and oxygen atoms in total. The highest BCUT2D eigenvalue weighted by Crippen LogP contribution is 2.26. The number of benzene rings is 1. The molecule has 0 bridgehead atoms. The molecule has 1 aromatic rings. The number of carbonyl (C=O) groups is 2. The minimum Gasteiger partial charge on any atom is -0.468 e. The van der Waals surface area contributed by atoms with E-state index in [2.05, 4.69) is 41.9 Å². The minimum atomic E-state index is -0.357. The lowest BCUT2D eigenvalue weighted by atomic mass is 10.3. The second-order valence-corrected chi connectivity index (χ2v) is 5.82. The number of hydrogen-bond acceptors (Lipinski definition) is 4. The van der Waals surface area contributed by atoms with E-state index in [4.69, 9.17) is 0 Å². The van der Waals surface area contributed by atoms with Crippen LogP contribution in [0.1, 0.15) is 6.92 Å². The number of nitrogens with one attached hydrogen (secondary N) is 1. The van der Waals surface area contributed by atoms with Crippen LogP contribution in [0.2, 0.25) is 0 Å². The van der Waals surface area contributed by atoms with Crippen molar-refractivity contribution in [3.8, 4) is 0 Å². The Bertz CT molecular complexity index is 495. The summed E-state index contributed by atoms with van der Waals surface area (Å²) in [6.45, 7) is 2.70. The zero-order valence-electron chi connectivity index (χ0n) is 11.3. The number of anilines is 1. The van der Waals surface area contributed by atoms with Gasteiger partial charge in [-0.2, -0.15) is 0 Å². The maximum atomic E-state index is 12.0. The molecule has 110 valence electrons. The van der Waals surface area contributed by atoms with Crippen LogP contribution in [-0.2, 0) is 14.3 Å². The normalized spacial score (nSPS) is 10.4. The van der Waals surface area contributed by atoms with Crippen LogP contribution >= 0.6 is 31.9 Å². The smallest absolute Gasteiger partial charge is 0.319 e. The Hall–Kier alpha value is -0.920. The maximum absolute atomic E-state index is 12.0. The zero-order chi connectivity index (χ0) is 15.1. The van der Waals surface area contributed by atoms with Gasteiger partial charge < -0.3 is 10.1 Å². The molecule has 0 spiro atoms. The summed E-state index contributed by atoms with van der Waals surface area (Å²) in [5, 5.41) is 2.79. The lowest BCUT2D eigenvalue weighted by Gasteiger charge is -2.18. The highest BCUT2D eigenvalue weighted by atomic mass is 79.9. The van der Waals surface area contributed by atoms with Crippen molar-refractivity contribution in [2.24, 2.45) is 0 Å². The summed E-state index contributed by atoms with van der Waals surface area (Å²) in [7, 11) is 1.33. The van der Waals surface area contributed by atoms with Crippen LogP contribution in [0.5, 0.6) is 0 Å². The van der Waals surface area contributed by atoms with E-state index in [0.29, 0.717) is 12.2 Å². The Labute approximate surface area is 134 Å². The molecule has 0 radical (unpaired) electrons. The molecule has 0 saturated carbocycles. The van der Waals surface area contributed by atoms with Crippen LogP contribution in [-0.4, -0.2) is 43.5 Å². The molecular formula is C13H16Br2N2O3. The summed E-state index contributed by atoms with van der Waals surface area (Å²) in [6.07, 6.45) is 0. The Balaban J connectivity index is 2.59. The number of likely N-dealkylation sites (N-methyl/N-ethyl adjacent to an activating group) is 1. The first-order chi connectivity index (χ1) is 9.46. The van der Waals surface area contributed by atoms with Gasteiger partial charge in [-0.05, 0) is 40.7 Å². The third kappa shape index (κ3) is 5.60. The molecule has 0 unspecified atom stereocenters. The molecule has 0 aliphatic rings. The van der Waals surface area contributed by atoms with Crippen molar-refractivity contribution in [2.45, 2.75) is 6.92 Å². The number of halogens is 2. The van der Waals surface area contributed by atoms with Gasteiger partial charge in [0.1, 0.15) is 0 Å². The number of ether oxygens (including phenoxy) is 1. The molecule has 0 aromatic heterocycles. The van der Waals surface area contributed by atoms with Gasteiger partial charge in [0.05, 0.1) is 25.9 Å². The number of amides is 1. The van der Waals surface area contributed by atoms with Gasteiger partial charge in [-0.25, -0.2) is 0 Å². The van der Waals surface area contributed by atoms with Gasteiger partial charge in [-0.3, -0.25) is 14.5 Å². The zero-order valence-corrected chi connectivity index (χ0v) is 14.5. The molecule has 7 heteroatoms. The summed E-state index contributed by atoms with van der Waals surface area (Å²) in [5.74, 6) is -0.539. The highest BCUT2D eigenvalue weighted by Gasteiger charge is 2.14. The van der Waals surface area contributed by atoms with E-state index >= 15 is 0 Å². The van der Waals surface area contributed by atoms with Crippen molar-refractivity contribution in [2.75, 3.05) is 32.1 Å². The monoisotopic (exact) mass is 406 g/mol. The second-order valence-electron chi connectivity index (χ2n) is 4.05. The minimum absolute atomic E-state index is 0.0991. The SMILES string of the molecule is CCN(CC(=O)Nc1ccc(Br)cc1Br)CC(=O)OC. The van der Waals surface area contributed by atoms with Gasteiger partial charge in [0, 0.05) is 8.95 Å². The molecule has 1 N–H and O–H groups in total. The third-order valence-corrected chi connectivity index (χ3v) is 3.75. The van der Waals surface area contributed by atoms with Crippen molar-refractivity contribution in [1.82, 2.24) is 4.90 Å².